The monoisotopic (exact) mass is 261 g/mol. The van der Waals surface area contributed by atoms with Crippen LogP contribution in [0.15, 0.2) is 35.7 Å². The molecule has 1 aromatic carbocycles. The molecule has 0 saturated heterocycles. The van der Waals surface area contributed by atoms with Crippen molar-refractivity contribution in [2.45, 2.75) is 19.9 Å². The molecule has 1 heterocycles. The fourth-order valence-electron chi connectivity index (χ4n) is 1.94. The number of rotatable bonds is 5. The van der Waals surface area contributed by atoms with Crippen molar-refractivity contribution in [2.75, 3.05) is 13.7 Å². The molecule has 1 N–H and O–H groups in total. The second kappa shape index (κ2) is 6.03. The van der Waals surface area contributed by atoms with E-state index in [1.807, 2.05) is 5.38 Å². The van der Waals surface area contributed by atoms with Gasteiger partial charge in [0.2, 0.25) is 0 Å². The van der Waals surface area contributed by atoms with Crippen molar-refractivity contribution in [1.29, 1.82) is 0 Å². The Morgan fingerprint density at radius 3 is 2.56 bits per heavy atom. The van der Waals surface area contributed by atoms with Gasteiger partial charge in [0.05, 0.1) is 13.2 Å². The van der Waals surface area contributed by atoms with E-state index < -0.39 is 0 Å². The maximum absolute atomic E-state index is 5.26. The number of ether oxygens (including phenoxy) is 1. The van der Waals surface area contributed by atoms with E-state index in [4.69, 9.17) is 4.74 Å². The molecule has 2 rings (SSSR count). The summed E-state index contributed by atoms with van der Waals surface area (Å²) in [5, 5.41) is 5.58. The van der Waals surface area contributed by atoms with E-state index in [1.165, 1.54) is 16.0 Å². The summed E-state index contributed by atoms with van der Waals surface area (Å²) < 4.78 is 5.26. The van der Waals surface area contributed by atoms with Crippen LogP contribution in [0.2, 0.25) is 0 Å². The van der Waals surface area contributed by atoms with Gasteiger partial charge in [-0.1, -0.05) is 36.8 Å². The summed E-state index contributed by atoms with van der Waals surface area (Å²) >= 11 is 1.73. The Morgan fingerprint density at radius 1 is 1.28 bits per heavy atom. The molecule has 96 valence electrons. The van der Waals surface area contributed by atoms with Gasteiger partial charge < -0.3 is 10.1 Å². The minimum Gasteiger partial charge on any atom is -0.496 e. The molecule has 0 aliphatic heterocycles. The zero-order chi connectivity index (χ0) is 13.0. The first-order chi connectivity index (χ1) is 8.74. The minimum atomic E-state index is 0.254. The summed E-state index contributed by atoms with van der Waals surface area (Å²) in [6, 6.07) is 11.1. The van der Waals surface area contributed by atoms with Crippen molar-refractivity contribution in [3.05, 3.63) is 51.7 Å². The Bertz CT molecular complexity index is 489. The number of thiophene rings is 1. The summed E-state index contributed by atoms with van der Waals surface area (Å²) in [5.74, 6) is 0.935. The lowest BCUT2D eigenvalue weighted by Gasteiger charge is -2.17. The normalized spacial score (nSPS) is 12.4. The van der Waals surface area contributed by atoms with E-state index >= 15 is 0 Å². The fourth-order valence-corrected chi connectivity index (χ4v) is 2.89. The van der Waals surface area contributed by atoms with Crippen LogP contribution in [0.1, 0.15) is 29.0 Å². The predicted molar refractivity (Wildman–Crippen MR) is 77.6 cm³/mol. The van der Waals surface area contributed by atoms with E-state index in [2.05, 4.69) is 49.5 Å². The van der Waals surface area contributed by atoms with E-state index in [-0.39, 0.29) is 6.04 Å². The largest absolute Gasteiger partial charge is 0.496 e. The van der Waals surface area contributed by atoms with Crippen LogP contribution in [-0.2, 0) is 0 Å². The molecule has 2 nitrogen and oxygen atoms in total. The third-order valence-corrected chi connectivity index (χ3v) is 3.91. The number of nitrogens with one attached hydrogen (secondary N) is 1. The second-order valence-corrected chi connectivity index (χ2v) is 5.23. The SMILES string of the molecule is CCNC(c1ccc(C)cc1)c1cc(OC)cs1. The summed E-state index contributed by atoms with van der Waals surface area (Å²) in [7, 11) is 1.71. The second-order valence-electron chi connectivity index (χ2n) is 4.29. The Balaban J connectivity index is 2.29. The summed E-state index contributed by atoms with van der Waals surface area (Å²) in [6.07, 6.45) is 0. The van der Waals surface area contributed by atoms with Crippen molar-refractivity contribution in [2.24, 2.45) is 0 Å². The molecule has 0 amide bonds. The van der Waals surface area contributed by atoms with E-state index in [0.29, 0.717) is 0 Å². The molecule has 0 saturated carbocycles. The third kappa shape index (κ3) is 2.92. The van der Waals surface area contributed by atoms with Gasteiger partial charge in [-0.05, 0) is 25.1 Å². The molecule has 0 bridgehead atoms. The van der Waals surface area contributed by atoms with E-state index in [1.54, 1.807) is 18.4 Å². The van der Waals surface area contributed by atoms with Gasteiger partial charge in [-0.25, -0.2) is 0 Å². The highest BCUT2D eigenvalue weighted by Gasteiger charge is 2.15. The fraction of sp³-hybridized carbons (Fsp3) is 0.333. The number of aryl methyl sites for hydroxylation is 1. The highest BCUT2D eigenvalue weighted by atomic mass is 32.1. The Kier molecular flexibility index (Phi) is 4.39. The lowest BCUT2D eigenvalue weighted by molar-refractivity contribution is 0.416. The number of hydrogen-bond acceptors (Lipinski definition) is 3. The van der Waals surface area contributed by atoms with Gasteiger partial charge in [0.1, 0.15) is 5.75 Å². The zero-order valence-corrected chi connectivity index (χ0v) is 11.9. The highest BCUT2D eigenvalue weighted by Crippen LogP contribution is 2.31. The molecule has 0 aliphatic carbocycles. The van der Waals surface area contributed by atoms with Gasteiger partial charge in [-0.3, -0.25) is 0 Å². The average Bonchev–Trinajstić information content (AvgIpc) is 2.86. The van der Waals surface area contributed by atoms with Gasteiger partial charge >= 0.3 is 0 Å². The van der Waals surface area contributed by atoms with Crippen LogP contribution in [0.5, 0.6) is 5.75 Å². The van der Waals surface area contributed by atoms with Crippen molar-refractivity contribution < 1.29 is 4.74 Å². The molecule has 0 spiro atoms. The first-order valence-corrected chi connectivity index (χ1v) is 7.05. The van der Waals surface area contributed by atoms with Crippen LogP contribution < -0.4 is 10.1 Å². The zero-order valence-electron chi connectivity index (χ0n) is 11.1. The first kappa shape index (κ1) is 13.1. The van der Waals surface area contributed by atoms with Crippen LogP contribution in [0.3, 0.4) is 0 Å². The summed E-state index contributed by atoms with van der Waals surface area (Å²) in [5.41, 5.74) is 2.59. The average molecular weight is 261 g/mol. The molecular formula is C15H19NOS. The van der Waals surface area contributed by atoms with Crippen LogP contribution in [0.4, 0.5) is 0 Å². The van der Waals surface area contributed by atoms with Crippen molar-refractivity contribution in [3.8, 4) is 5.75 Å². The number of methoxy groups -OCH3 is 1. The van der Waals surface area contributed by atoms with Crippen molar-refractivity contribution >= 4 is 11.3 Å². The molecule has 3 heteroatoms. The van der Waals surface area contributed by atoms with E-state index in [0.717, 1.165) is 12.3 Å². The van der Waals surface area contributed by atoms with Gasteiger partial charge in [0.15, 0.2) is 0 Å². The van der Waals surface area contributed by atoms with Gasteiger partial charge in [-0.2, -0.15) is 0 Å². The van der Waals surface area contributed by atoms with Crippen molar-refractivity contribution in [1.82, 2.24) is 5.32 Å². The molecule has 1 unspecified atom stereocenters. The quantitative estimate of drug-likeness (QED) is 0.884. The molecule has 0 fully saturated rings. The Morgan fingerprint density at radius 2 is 2.00 bits per heavy atom. The number of benzene rings is 1. The van der Waals surface area contributed by atoms with Gasteiger partial charge in [0, 0.05) is 10.3 Å². The summed E-state index contributed by atoms with van der Waals surface area (Å²) in [4.78, 5) is 1.29. The van der Waals surface area contributed by atoms with Crippen LogP contribution >= 0.6 is 11.3 Å². The molecule has 0 aliphatic rings. The molecular weight excluding hydrogens is 242 g/mol. The molecule has 1 aromatic heterocycles. The first-order valence-electron chi connectivity index (χ1n) is 6.17. The molecule has 1 atom stereocenters. The topological polar surface area (TPSA) is 21.3 Å². The van der Waals surface area contributed by atoms with Crippen LogP contribution in [0.25, 0.3) is 0 Å². The van der Waals surface area contributed by atoms with Gasteiger partial charge in [0.25, 0.3) is 0 Å². The lowest BCUT2D eigenvalue weighted by Crippen LogP contribution is -2.20. The standard InChI is InChI=1S/C15H19NOS/c1-4-16-15(12-7-5-11(2)6-8-12)14-9-13(17-3)10-18-14/h5-10,15-16H,4H2,1-3H3. The van der Waals surface area contributed by atoms with Crippen LogP contribution in [0, 0.1) is 6.92 Å². The van der Waals surface area contributed by atoms with Crippen molar-refractivity contribution in [3.63, 3.8) is 0 Å². The predicted octanol–water partition coefficient (Wildman–Crippen LogP) is 3.76. The minimum absolute atomic E-state index is 0.254. The Hall–Kier alpha value is -1.32. The maximum atomic E-state index is 5.26. The smallest absolute Gasteiger partial charge is 0.129 e. The maximum Gasteiger partial charge on any atom is 0.129 e. The Labute approximate surface area is 113 Å². The molecule has 0 radical (unpaired) electrons. The highest BCUT2D eigenvalue weighted by molar-refractivity contribution is 7.10. The van der Waals surface area contributed by atoms with Gasteiger partial charge in [-0.15, -0.1) is 11.3 Å². The lowest BCUT2D eigenvalue weighted by atomic mass is 10.0. The number of hydrogen-bond donors (Lipinski definition) is 1. The van der Waals surface area contributed by atoms with Crippen LogP contribution in [-0.4, -0.2) is 13.7 Å². The molecule has 18 heavy (non-hydrogen) atoms. The van der Waals surface area contributed by atoms with E-state index in [9.17, 15) is 0 Å². The summed E-state index contributed by atoms with van der Waals surface area (Å²) in [6.45, 7) is 5.19. The third-order valence-electron chi connectivity index (χ3n) is 2.93. The molecule has 2 aromatic rings.